The zero-order chi connectivity index (χ0) is 7.28. The van der Waals surface area contributed by atoms with Crippen LogP contribution in [0.4, 0.5) is 0 Å². The van der Waals surface area contributed by atoms with E-state index >= 15 is 0 Å². The van der Waals surface area contributed by atoms with Crippen LogP contribution in [0, 0.1) is 0 Å². The number of hydrogen-bond donors (Lipinski definition) is 1. The van der Waals surface area contributed by atoms with Crippen LogP contribution in [0.2, 0.25) is 0 Å². The van der Waals surface area contributed by atoms with E-state index in [1.165, 1.54) is 0 Å². The molecule has 0 rings (SSSR count). The van der Waals surface area contributed by atoms with E-state index in [1.54, 1.807) is 0 Å². The summed E-state index contributed by atoms with van der Waals surface area (Å²) < 4.78 is 0. The summed E-state index contributed by atoms with van der Waals surface area (Å²) in [5, 5.41) is 18.6. The Balaban J connectivity index is 0. The molecule has 0 aromatic rings. The molecule has 0 aromatic carbocycles. The molecule has 0 saturated carbocycles. The summed E-state index contributed by atoms with van der Waals surface area (Å²) in [7, 11) is 0. The molecule has 0 spiro atoms. The molecule has 0 amide bonds. The van der Waals surface area contributed by atoms with Gasteiger partial charge in [0.2, 0.25) is 0 Å². The molecule has 3 nitrogen and oxygen atoms in total. The van der Waals surface area contributed by atoms with Crippen LogP contribution in [0.15, 0.2) is 0 Å². The van der Waals surface area contributed by atoms with Crippen molar-refractivity contribution in [1.82, 2.24) is 0 Å². The van der Waals surface area contributed by atoms with Gasteiger partial charge in [-0.1, -0.05) is 13.3 Å². The molecule has 0 heterocycles. The van der Waals surface area contributed by atoms with Crippen LogP contribution in [0.1, 0.15) is 26.2 Å². The minimum Gasteiger partial charge on any atom is -0.550 e. The van der Waals surface area contributed by atoms with Gasteiger partial charge in [-0.3, -0.25) is 0 Å². The second kappa shape index (κ2) is 7.54. The van der Waals surface area contributed by atoms with Gasteiger partial charge < -0.3 is 15.0 Å². The van der Waals surface area contributed by atoms with Gasteiger partial charge >= 0.3 is 29.6 Å². The van der Waals surface area contributed by atoms with Crippen molar-refractivity contribution in [2.75, 3.05) is 0 Å². The molecule has 1 atom stereocenters. The maximum atomic E-state index is 9.81. The number of hydrogen-bond acceptors (Lipinski definition) is 3. The van der Waals surface area contributed by atoms with Gasteiger partial charge in [-0.25, -0.2) is 0 Å². The number of carboxylic acid groups (broad SMARTS) is 1. The van der Waals surface area contributed by atoms with Gasteiger partial charge in [0.15, 0.2) is 0 Å². The van der Waals surface area contributed by atoms with Gasteiger partial charge in [0.05, 0.1) is 6.10 Å². The monoisotopic (exact) mass is 154 g/mol. The third-order valence-corrected chi connectivity index (χ3v) is 1.02. The van der Waals surface area contributed by atoms with E-state index < -0.39 is 12.1 Å². The topological polar surface area (TPSA) is 60.4 Å². The van der Waals surface area contributed by atoms with Crippen LogP contribution in [0.25, 0.3) is 0 Å². The third-order valence-electron chi connectivity index (χ3n) is 1.02. The van der Waals surface area contributed by atoms with Gasteiger partial charge in [-0.05, 0) is 6.42 Å². The number of carbonyl (C=O) groups excluding carboxylic acids is 1. The zero-order valence-corrected chi connectivity index (χ0v) is 8.46. The predicted molar refractivity (Wildman–Crippen MR) is 30.5 cm³/mol. The molecule has 0 bridgehead atoms. The molecule has 1 unspecified atom stereocenters. The normalized spacial score (nSPS) is 11.8. The van der Waals surface area contributed by atoms with E-state index in [2.05, 4.69) is 0 Å². The fraction of sp³-hybridized carbons (Fsp3) is 0.833. The largest absolute Gasteiger partial charge is 1.00 e. The van der Waals surface area contributed by atoms with Crippen LogP contribution in [-0.2, 0) is 4.79 Å². The molecule has 10 heavy (non-hydrogen) atoms. The summed E-state index contributed by atoms with van der Waals surface area (Å²) in [5.74, 6) is -1.18. The Morgan fingerprint density at radius 1 is 1.70 bits per heavy atom. The van der Waals surface area contributed by atoms with Crippen molar-refractivity contribution in [3.63, 3.8) is 0 Å². The number of aliphatic carboxylic acids is 1. The van der Waals surface area contributed by atoms with E-state index in [0.717, 1.165) is 6.42 Å². The Bertz CT molecular complexity index is 95.0. The second-order valence-electron chi connectivity index (χ2n) is 2.02. The summed E-state index contributed by atoms with van der Waals surface area (Å²) >= 11 is 0. The van der Waals surface area contributed by atoms with E-state index in [4.69, 9.17) is 5.11 Å². The second-order valence-corrected chi connectivity index (χ2v) is 2.02. The molecular weight excluding hydrogens is 143 g/mol. The van der Waals surface area contributed by atoms with Crippen molar-refractivity contribution in [2.45, 2.75) is 32.3 Å². The molecule has 0 radical (unpaired) electrons. The number of aliphatic hydroxyl groups is 1. The Labute approximate surface area is 82.7 Å². The first-order valence-electron chi connectivity index (χ1n) is 3.04. The Kier molecular flexibility index (Phi) is 9.84. The average Bonchev–Trinajstić information content (AvgIpc) is 1.63. The molecule has 4 heteroatoms. The SMILES string of the molecule is CCCC(O)CC(=O)[O-].[Na+]. The fourth-order valence-corrected chi connectivity index (χ4v) is 0.628. The van der Waals surface area contributed by atoms with Crippen molar-refractivity contribution < 1.29 is 44.6 Å². The van der Waals surface area contributed by atoms with E-state index in [9.17, 15) is 9.90 Å². The molecule has 54 valence electrons. The fourth-order valence-electron chi connectivity index (χ4n) is 0.628. The summed E-state index contributed by atoms with van der Waals surface area (Å²) in [6, 6.07) is 0. The molecule has 0 saturated heterocycles. The minimum atomic E-state index is -1.18. The van der Waals surface area contributed by atoms with Gasteiger partial charge in [0.1, 0.15) is 0 Å². The molecule has 0 aliphatic heterocycles. The quantitative estimate of drug-likeness (QED) is 0.424. The Morgan fingerprint density at radius 2 is 2.20 bits per heavy atom. The zero-order valence-electron chi connectivity index (χ0n) is 6.46. The van der Waals surface area contributed by atoms with Crippen LogP contribution in [-0.4, -0.2) is 17.2 Å². The maximum Gasteiger partial charge on any atom is 1.00 e. The number of aliphatic hydroxyl groups excluding tert-OH is 1. The van der Waals surface area contributed by atoms with Crippen LogP contribution in [0.3, 0.4) is 0 Å². The van der Waals surface area contributed by atoms with Crippen LogP contribution in [0.5, 0.6) is 0 Å². The molecular formula is C6H11NaO3. The molecule has 0 aliphatic rings. The first-order valence-corrected chi connectivity index (χ1v) is 3.04. The number of carboxylic acids is 1. The Morgan fingerprint density at radius 3 is 2.50 bits per heavy atom. The number of carbonyl (C=O) groups is 1. The number of rotatable bonds is 4. The molecule has 0 aromatic heterocycles. The van der Waals surface area contributed by atoms with Crippen molar-refractivity contribution in [3.8, 4) is 0 Å². The predicted octanol–water partition coefficient (Wildman–Crippen LogP) is -3.71. The van der Waals surface area contributed by atoms with Crippen molar-refractivity contribution in [1.29, 1.82) is 0 Å². The summed E-state index contributed by atoms with van der Waals surface area (Å²) in [5.41, 5.74) is 0. The van der Waals surface area contributed by atoms with E-state index in [0.29, 0.717) is 6.42 Å². The molecule has 0 aliphatic carbocycles. The first kappa shape index (κ1) is 13.1. The molecule has 1 N–H and O–H groups in total. The average molecular weight is 154 g/mol. The smallest absolute Gasteiger partial charge is 0.550 e. The van der Waals surface area contributed by atoms with Gasteiger partial charge in [0, 0.05) is 12.4 Å². The summed E-state index contributed by atoms with van der Waals surface area (Å²) in [6.45, 7) is 1.89. The summed E-state index contributed by atoms with van der Waals surface area (Å²) in [4.78, 5) is 9.81. The van der Waals surface area contributed by atoms with Gasteiger partial charge in [0.25, 0.3) is 0 Å². The van der Waals surface area contributed by atoms with Crippen LogP contribution < -0.4 is 34.7 Å². The van der Waals surface area contributed by atoms with Gasteiger partial charge in [-0.15, -0.1) is 0 Å². The van der Waals surface area contributed by atoms with Crippen LogP contribution >= 0.6 is 0 Å². The summed E-state index contributed by atoms with van der Waals surface area (Å²) in [6.07, 6.45) is 0.371. The van der Waals surface area contributed by atoms with Crippen molar-refractivity contribution in [3.05, 3.63) is 0 Å². The van der Waals surface area contributed by atoms with E-state index in [-0.39, 0.29) is 36.0 Å². The van der Waals surface area contributed by atoms with Crippen molar-refractivity contribution in [2.24, 2.45) is 0 Å². The molecule has 0 fully saturated rings. The minimum absolute atomic E-state index is 0. The standard InChI is InChI=1S/C6H12O3.Na/c1-2-3-5(7)4-6(8)9;/h5,7H,2-4H2,1H3,(H,8,9);/q;+1/p-1. The maximum absolute atomic E-state index is 9.81. The van der Waals surface area contributed by atoms with Gasteiger partial charge in [-0.2, -0.15) is 0 Å². The Hall–Kier alpha value is 0.430. The van der Waals surface area contributed by atoms with Crippen molar-refractivity contribution >= 4 is 5.97 Å². The third kappa shape index (κ3) is 8.43. The first-order chi connectivity index (χ1) is 4.16. The van der Waals surface area contributed by atoms with E-state index in [1.807, 2.05) is 6.92 Å².